The van der Waals surface area contributed by atoms with Crippen LogP contribution in [0.25, 0.3) is 5.69 Å². The number of fused-ring (bicyclic) bond motifs is 1. The highest BCUT2D eigenvalue weighted by Gasteiger charge is 2.33. The molecular formula is C19H22ClN3O2. The molecule has 2 heterocycles. The minimum Gasteiger partial charge on any atom is -0.492 e. The molecule has 132 valence electrons. The Labute approximate surface area is 152 Å². The number of para-hydroxylation sites is 1. The average Bonchev–Trinajstić information content (AvgIpc) is 2.88. The lowest BCUT2D eigenvalue weighted by Crippen LogP contribution is -2.38. The number of carbonyl (C=O) groups is 1. The van der Waals surface area contributed by atoms with Crippen LogP contribution in [-0.2, 0) is 22.5 Å². The van der Waals surface area contributed by atoms with E-state index in [0.717, 1.165) is 23.4 Å². The van der Waals surface area contributed by atoms with Crippen molar-refractivity contribution in [1.29, 1.82) is 0 Å². The SMILES string of the molecule is C=C(OC)C(=O)N1Cc2cnn(-c3ccccc3Cl)c2CC(C)(C)C1. The number of carbonyl (C=O) groups excluding carboxylic acids is 1. The Morgan fingerprint density at radius 2 is 2.08 bits per heavy atom. The fraction of sp³-hybridized carbons (Fsp3) is 0.368. The van der Waals surface area contributed by atoms with Crippen LogP contribution in [-0.4, -0.2) is 34.2 Å². The summed E-state index contributed by atoms with van der Waals surface area (Å²) in [6, 6.07) is 7.64. The Bertz CT molecular complexity index is 826. The summed E-state index contributed by atoms with van der Waals surface area (Å²) in [6.07, 6.45) is 2.60. The van der Waals surface area contributed by atoms with E-state index in [0.29, 0.717) is 18.1 Å². The molecule has 1 amide bonds. The second-order valence-electron chi connectivity index (χ2n) is 7.11. The predicted molar refractivity (Wildman–Crippen MR) is 97.6 cm³/mol. The van der Waals surface area contributed by atoms with Gasteiger partial charge in [-0.25, -0.2) is 4.68 Å². The number of ether oxygens (including phenoxy) is 1. The minimum atomic E-state index is -0.186. The molecule has 1 aliphatic heterocycles. The van der Waals surface area contributed by atoms with E-state index in [1.165, 1.54) is 7.11 Å². The van der Waals surface area contributed by atoms with Gasteiger partial charge in [-0.3, -0.25) is 4.79 Å². The molecule has 0 radical (unpaired) electrons. The van der Waals surface area contributed by atoms with Crippen LogP contribution in [0.5, 0.6) is 0 Å². The van der Waals surface area contributed by atoms with Crippen molar-refractivity contribution < 1.29 is 9.53 Å². The number of hydrogen-bond donors (Lipinski definition) is 0. The van der Waals surface area contributed by atoms with E-state index in [2.05, 4.69) is 25.5 Å². The maximum absolute atomic E-state index is 12.6. The number of hydrogen-bond acceptors (Lipinski definition) is 3. The van der Waals surface area contributed by atoms with Gasteiger partial charge < -0.3 is 9.64 Å². The highest BCUT2D eigenvalue weighted by Crippen LogP contribution is 2.33. The Kier molecular flexibility index (Phi) is 4.60. The zero-order chi connectivity index (χ0) is 18.2. The second-order valence-corrected chi connectivity index (χ2v) is 7.52. The van der Waals surface area contributed by atoms with Crippen LogP contribution in [0.1, 0.15) is 25.1 Å². The Hall–Kier alpha value is -2.27. The van der Waals surface area contributed by atoms with E-state index in [4.69, 9.17) is 16.3 Å². The van der Waals surface area contributed by atoms with Gasteiger partial charge in [0.1, 0.15) is 0 Å². The van der Waals surface area contributed by atoms with Crippen LogP contribution in [0.4, 0.5) is 0 Å². The fourth-order valence-electron chi connectivity index (χ4n) is 3.25. The largest absolute Gasteiger partial charge is 0.492 e. The molecule has 0 atom stereocenters. The molecule has 6 heteroatoms. The first kappa shape index (κ1) is 17.5. The molecule has 0 aliphatic carbocycles. The second kappa shape index (κ2) is 6.56. The Morgan fingerprint density at radius 3 is 2.76 bits per heavy atom. The predicted octanol–water partition coefficient (Wildman–Crippen LogP) is 3.60. The van der Waals surface area contributed by atoms with Gasteiger partial charge in [-0.1, -0.05) is 44.2 Å². The van der Waals surface area contributed by atoms with Crippen molar-refractivity contribution in [2.45, 2.75) is 26.8 Å². The maximum Gasteiger partial charge on any atom is 0.288 e. The summed E-state index contributed by atoms with van der Waals surface area (Å²) in [7, 11) is 1.46. The third-order valence-corrected chi connectivity index (χ3v) is 4.75. The molecule has 0 fully saturated rings. The van der Waals surface area contributed by atoms with E-state index in [1.54, 1.807) is 4.90 Å². The number of amides is 1. The van der Waals surface area contributed by atoms with Crippen molar-refractivity contribution in [2.75, 3.05) is 13.7 Å². The van der Waals surface area contributed by atoms with Crippen molar-refractivity contribution in [3.05, 3.63) is 59.1 Å². The Balaban J connectivity index is 2.03. The molecule has 1 aromatic heterocycles. The standard InChI is InChI=1S/C19H22ClN3O2/c1-13(25-4)18(24)22-11-14-10-21-23(16-8-6-5-7-15(16)20)17(14)9-19(2,3)12-22/h5-8,10H,1,9,11-12H2,2-4H3. The van der Waals surface area contributed by atoms with Crippen LogP contribution in [0, 0.1) is 5.41 Å². The van der Waals surface area contributed by atoms with Crippen molar-refractivity contribution in [3.8, 4) is 5.69 Å². The van der Waals surface area contributed by atoms with Gasteiger partial charge in [0.05, 0.1) is 24.0 Å². The van der Waals surface area contributed by atoms with Crippen LogP contribution in [0.3, 0.4) is 0 Å². The maximum atomic E-state index is 12.6. The quantitative estimate of drug-likeness (QED) is 0.621. The summed E-state index contributed by atoms with van der Waals surface area (Å²) in [5.41, 5.74) is 2.83. The first-order valence-electron chi connectivity index (χ1n) is 8.15. The molecule has 0 N–H and O–H groups in total. The van der Waals surface area contributed by atoms with Gasteiger partial charge >= 0.3 is 0 Å². The van der Waals surface area contributed by atoms with Gasteiger partial charge in [0.15, 0.2) is 5.76 Å². The van der Waals surface area contributed by atoms with Crippen LogP contribution >= 0.6 is 11.6 Å². The minimum absolute atomic E-state index is 0.117. The van der Waals surface area contributed by atoms with E-state index in [9.17, 15) is 4.79 Å². The summed E-state index contributed by atoms with van der Waals surface area (Å²) in [6.45, 7) is 9.07. The molecule has 5 nitrogen and oxygen atoms in total. The van der Waals surface area contributed by atoms with Gasteiger partial charge in [0.2, 0.25) is 0 Å². The van der Waals surface area contributed by atoms with E-state index < -0.39 is 0 Å². The van der Waals surface area contributed by atoms with Crippen LogP contribution in [0.15, 0.2) is 42.8 Å². The molecule has 3 rings (SSSR count). The van der Waals surface area contributed by atoms with Gasteiger partial charge in [-0.05, 0) is 24.0 Å². The van der Waals surface area contributed by atoms with Gasteiger partial charge in [0, 0.05) is 24.3 Å². The first-order chi connectivity index (χ1) is 11.8. The van der Waals surface area contributed by atoms with E-state index in [1.807, 2.05) is 35.1 Å². The number of nitrogens with zero attached hydrogens (tertiary/aromatic N) is 3. The zero-order valence-corrected chi connectivity index (χ0v) is 15.5. The zero-order valence-electron chi connectivity index (χ0n) is 14.8. The molecule has 1 aromatic carbocycles. The molecule has 0 unspecified atom stereocenters. The highest BCUT2D eigenvalue weighted by molar-refractivity contribution is 6.32. The van der Waals surface area contributed by atoms with E-state index >= 15 is 0 Å². The fourth-order valence-corrected chi connectivity index (χ4v) is 3.47. The summed E-state index contributed by atoms with van der Waals surface area (Å²) in [5.74, 6) is -0.0355. The summed E-state index contributed by atoms with van der Waals surface area (Å²) in [4.78, 5) is 14.3. The smallest absolute Gasteiger partial charge is 0.288 e. The lowest BCUT2D eigenvalue weighted by atomic mass is 9.87. The highest BCUT2D eigenvalue weighted by atomic mass is 35.5. The number of rotatable bonds is 3. The summed E-state index contributed by atoms with van der Waals surface area (Å²) in [5, 5.41) is 5.18. The van der Waals surface area contributed by atoms with Crippen LogP contribution in [0.2, 0.25) is 5.02 Å². The molecule has 0 bridgehead atoms. The monoisotopic (exact) mass is 359 g/mol. The number of halogens is 1. The number of aromatic nitrogens is 2. The lowest BCUT2D eigenvalue weighted by molar-refractivity contribution is -0.132. The van der Waals surface area contributed by atoms with E-state index in [-0.39, 0.29) is 17.1 Å². The lowest BCUT2D eigenvalue weighted by Gasteiger charge is -2.29. The van der Waals surface area contributed by atoms with Gasteiger partial charge in [0.25, 0.3) is 5.91 Å². The Morgan fingerprint density at radius 1 is 1.36 bits per heavy atom. The van der Waals surface area contributed by atoms with Crippen molar-refractivity contribution in [2.24, 2.45) is 5.41 Å². The molecule has 0 spiro atoms. The van der Waals surface area contributed by atoms with Gasteiger partial charge in [-0.15, -0.1) is 0 Å². The third-order valence-electron chi connectivity index (χ3n) is 4.43. The summed E-state index contributed by atoms with van der Waals surface area (Å²) >= 11 is 6.36. The normalized spacial score (nSPS) is 16.1. The first-order valence-corrected chi connectivity index (χ1v) is 8.53. The van der Waals surface area contributed by atoms with Crippen molar-refractivity contribution in [1.82, 2.24) is 14.7 Å². The topological polar surface area (TPSA) is 47.4 Å². The third kappa shape index (κ3) is 3.42. The average molecular weight is 360 g/mol. The molecule has 0 saturated heterocycles. The molecule has 25 heavy (non-hydrogen) atoms. The van der Waals surface area contributed by atoms with Crippen LogP contribution < -0.4 is 0 Å². The van der Waals surface area contributed by atoms with Gasteiger partial charge in [-0.2, -0.15) is 5.10 Å². The molecular weight excluding hydrogens is 338 g/mol. The van der Waals surface area contributed by atoms with Crippen molar-refractivity contribution >= 4 is 17.5 Å². The van der Waals surface area contributed by atoms with Crippen molar-refractivity contribution in [3.63, 3.8) is 0 Å². The molecule has 1 aliphatic rings. The number of methoxy groups -OCH3 is 1. The molecule has 2 aromatic rings. The summed E-state index contributed by atoms with van der Waals surface area (Å²) < 4.78 is 6.92. The number of benzene rings is 1. The molecule has 0 saturated carbocycles.